The summed E-state index contributed by atoms with van der Waals surface area (Å²) in [4.78, 5) is 17.5. The molecule has 0 N–H and O–H groups in total. The van der Waals surface area contributed by atoms with E-state index in [2.05, 4.69) is 4.98 Å². The highest BCUT2D eigenvalue weighted by Crippen LogP contribution is 2.32. The lowest BCUT2D eigenvalue weighted by atomic mass is 10.2. The van der Waals surface area contributed by atoms with Gasteiger partial charge in [0.15, 0.2) is 0 Å². The number of aromatic nitrogens is 1. The second-order valence-corrected chi connectivity index (χ2v) is 9.22. The number of sulfonamides is 1. The number of carbonyl (C=O) groups is 1. The molecule has 0 bridgehead atoms. The molecule has 6 nitrogen and oxygen atoms in total. The number of rotatable bonds is 5. The lowest BCUT2D eigenvalue weighted by Gasteiger charge is -2.19. The Morgan fingerprint density at radius 1 is 1.21 bits per heavy atom. The van der Waals surface area contributed by atoms with E-state index in [0.717, 1.165) is 16.1 Å². The Morgan fingerprint density at radius 3 is 2.82 bits per heavy atom. The van der Waals surface area contributed by atoms with Crippen LogP contribution in [0.25, 0.3) is 0 Å². The maximum atomic E-state index is 13.1. The molecule has 1 aromatic heterocycles. The molecule has 1 aliphatic heterocycles. The molecule has 0 amide bonds. The number of anilines is 1. The normalized spacial score (nSPS) is 13.4. The minimum atomic E-state index is -3.76. The first-order chi connectivity index (χ1) is 13.5. The maximum absolute atomic E-state index is 13.1. The van der Waals surface area contributed by atoms with Crippen molar-refractivity contribution in [2.45, 2.75) is 24.8 Å². The fraction of sp³-hybridized carbons (Fsp3) is 0.200. The molecule has 0 saturated carbocycles. The fourth-order valence-corrected chi connectivity index (χ4v) is 5.39. The number of esters is 1. The summed E-state index contributed by atoms with van der Waals surface area (Å²) in [6.45, 7) is 2.35. The topological polar surface area (TPSA) is 76.6 Å². The van der Waals surface area contributed by atoms with Gasteiger partial charge < -0.3 is 4.74 Å². The summed E-state index contributed by atoms with van der Waals surface area (Å²) >= 11 is 1.41. The summed E-state index contributed by atoms with van der Waals surface area (Å²) in [5.74, 6) is -0.563. The highest BCUT2D eigenvalue weighted by atomic mass is 32.2. The second kappa shape index (κ2) is 7.37. The highest BCUT2D eigenvalue weighted by Gasteiger charge is 2.31. The van der Waals surface area contributed by atoms with Crippen LogP contribution in [0.3, 0.4) is 0 Å². The quantitative estimate of drug-likeness (QED) is 0.597. The van der Waals surface area contributed by atoms with Crippen LogP contribution in [0.4, 0.5) is 5.69 Å². The van der Waals surface area contributed by atoms with E-state index in [1.807, 2.05) is 25.1 Å². The molecule has 0 radical (unpaired) electrons. The van der Waals surface area contributed by atoms with E-state index in [4.69, 9.17) is 4.74 Å². The van der Waals surface area contributed by atoms with Crippen LogP contribution in [0.2, 0.25) is 0 Å². The molecule has 4 rings (SSSR count). The first-order valence-electron chi connectivity index (χ1n) is 8.73. The average molecular weight is 415 g/mol. The van der Waals surface area contributed by atoms with Gasteiger partial charge in [-0.15, -0.1) is 11.3 Å². The van der Waals surface area contributed by atoms with E-state index in [1.54, 1.807) is 23.7 Å². The minimum Gasteiger partial charge on any atom is -0.456 e. The zero-order valence-corrected chi connectivity index (χ0v) is 16.8. The molecule has 0 aliphatic carbocycles. The molecule has 2 aromatic carbocycles. The van der Waals surface area contributed by atoms with Gasteiger partial charge in [-0.1, -0.05) is 24.3 Å². The van der Waals surface area contributed by atoms with E-state index >= 15 is 0 Å². The molecule has 3 aromatic rings. The number of para-hydroxylation sites is 1. The Hall–Kier alpha value is -2.71. The first kappa shape index (κ1) is 18.6. The van der Waals surface area contributed by atoms with Gasteiger partial charge in [-0.2, -0.15) is 0 Å². The average Bonchev–Trinajstić information content (AvgIpc) is 3.32. The molecule has 0 spiro atoms. The Kier molecular flexibility index (Phi) is 4.91. The van der Waals surface area contributed by atoms with Gasteiger partial charge in [0.25, 0.3) is 10.0 Å². The van der Waals surface area contributed by atoms with Crippen LogP contribution in [-0.2, 0) is 27.8 Å². The van der Waals surface area contributed by atoms with E-state index in [1.165, 1.54) is 27.8 Å². The van der Waals surface area contributed by atoms with Crippen molar-refractivity contribution in [3.63, 3.8) is 0 Å². The number of aryl methyl sites for hydroxylation is 1. The third-order valence-corrected chi connectivity index (χ3v) is 7.40. The van der Waals surface area contributed by atoms with Gasteiger partial charge >= 0.3 is 5.97 Å². The standard InChI is InChI=1S/C20H18N2O4S2/c1-14-19(27-13-21-14)12-26-20(23)16-6-4-7-17(11-16)28(24,25)22-10-9-15-5-2-3-8-18(15)22/h2-8,11,13H,9-10,12H2,1H3. The Balaban J connectivity index is 1.56. The number of carbonyl (C=O) groups excluding carboxylic acids is 1. The molecule has 8 heteroatoms. The van der Waals surface area contributed by atoms with Crippen LogP contribution in [-0.4, -0.2) is 25.9 Å². The SMILES string of the molecule is Cc1ncsc1COC(=O)c1cccc(S(=O)(=O)N2CCc3ccccc32)c1. The van der Waals surface area contributed by atoms with Gasteiger partial charge in [-0.25, -0.2) is 18.2 Å². The van der Waals surface area contributed by atoms with Crippen LogP contribution >= 0.6 is 11.3 Å². The number of benzene rings is 2. The van der Waals surface area contributed by atoms with E-state index < -0.39 is 16.0 Å². The van der Waals surface area contributed by atoms with Crippen molar-refractivity contribution in [1.29, 1.82) is 0 Å². The second-order valence-electron chi connectivity index (χ2n) is 6.42. The van der Waals surface area contributed by atoms with Crippen molar-refractivity contribution < 1.29 is 17.9 Å². The van der Waals surface area contributed by atoms with Crippen LogP contribution in [0, 0.1) is 6.92 Å². The van der Waals surface area contributed by atoms with Crippen LogP contribution < -0.4 is 4.31 Å². The molecular weight excluding hydrogens is 396 g/mol. The lowest BCUT2D eigenvalue weighted by molar-refractivity contribution is 0.0475. The molecule has 1 aliphatic rings. The van der Waals surface area contributed by atoms with Gasteiger partial charge in [0, 0.05) is 6.54 Å². The number of nitrogens with zero attached hydrogens (tertiary/aromatic N) is 2. The fourth-order valence-electron chi connectivity index (χ4n) is 3.15. The Morgan fingerprint density at radius 2 is 2.04 bits per heavy atom. The number of ether oxygens (including phenoxy) is 1. The summed E-state index contributed by atoms with van der Waals surface area (Å²) in [6.07, 6.45) is 0.672. The largest absolute Gasteiger partial charge is 0.456 e. The summed E-state index contributed by atoms with van der Waals surface area (Å²) in [5.41, 5.74) is 4.41. The van der Waals surface area contributed by atoms with Crippen molar-refractivity contribution in [2.75, 3.05) is 10.8 Å². The predicted octanol–water partition coefficient (Wildman–Crippen LogP) is 3.56. The van der Waals surface area contributed by atoms with Crippen LogP contribution in [0.15, 0.2) is 58.9 Å². The summed E-state index contributed by atoms with van der Waals surface area (Å²) < 4.78 is 33.0. The third-order valence-electron chi connectivity index (χ3n) is 4.68. The van der Waals surface area contributed by atoms with Gasteiger partial charge in [0.05, 0.1) is 32.2 Å². The lowest BCUT2D eigenvalue weighted by Crippen LogP contribution is -2.29. The molecule has 0 unspecified atom stereocenters. The number of hydrogen-bond donors (Lipinski definition) is 0. The van der Waals surface area contributed by atoms with Crippen molar-refractivity contribution >= 4 is 33.0 Å². The summed E-state index contributed by atoms with van der Waals surface area (Å²) in [6, 6.07) is 13.4. The molecular formula is C20H18N2O4S2. The van der Waals surface area contributed by atoms with Crippen LogP contribution in [0.1, 0.15) is 26.5 Å². The summed E-state index contributed by atoms with van der Waals surface area (Å²) in [7, 11) is -3.76. The van der Waals surface area contributed by atoms with E-state index in [0.29, 0.717) is 18.7 Å². The molecule has 0 atom stereocenters. The van der Waals surface area contributed by atoms with Crippen molar-refractivity contribution in [2.24, 2.45) is 0 Å². The predicted molar refractivity (Wildman–Crippen MR) is 107 cm³/mol. The maximum Gasteiger partial charge on any atom is 0.338 e. The van der Waals surface area contributed by atoms with Crippen molar-refractivity contribution in [3.8, 4) is 0 Å². The van der Waals surface area contributed by atoms with Crippen LogP contribution in [0.5, 0.6) is 0 Å². The highest BCUT2D eigenvalue weighted by molar-refractivity contribution is 7.92. The van der Waals surface area contributed by atoms with Gasteiger partial charge in [0.1, 0.15) is 6.61 Å². The molecule has 2 heterocycles. The monoisotopic (exact) mass is 414 g/mol. The molecule has 28 heavy (non-hydrogen) atoms. The van der Waals surface area contributed by atoms with Crippen molar-refractivity contribution in [3.05, 3.63) is 75.7 Å². The smallest absolute Gasteiger partial charge is 0.338 e. The van der Waals surface area contributed by atoms with E-state index in [-0.39, 0.29) is 17.1 Å². The van der Waals surface area contributed by atoms with Crippen molar-refractivity contribution in [1.82, 2.24) is 4.98 Å². The molecule has 0 fully saturated rings. The zero-order valence-electron chi connectivity index (χ0n) is 15.2. The van der Waals surface area contributed by atoms with Gasteiger partial charge in [-0.05, 0) is 43.2 Å². The molecule has 144 valence electrons. The third kappa shape index (κ3) is 3.41. The number of thiazole rings is 1. The Labute approximate surface area is 167 Å². The zero-order chi connectivity index (χ0) is 19.7. The van der Waals surface area contributed by atoms with E-state index in [9.17, 15) is 13.2 Å². The first-order valence-corrected chi connectivity index (χ1v) is 11.1. The van der Waals surface area contributed by atoms with Gasteiger partial charge in [0.2, 0.25) is 0 Å². The minimum absolute atomic E-state index is 0.0765. The molecule has 0 saturated heterocycles. The number of fused-ring (bicyclic) bond motifs is 1. The van der Waals surface area contributed by atoms with Gasteiger partial charge in [-0.3, -0.25) is 4.31 Å². The Bertz CT molecular complexity index is 1140. The summed E-state index contributed by atoms with van der Waals surface area (Å²) in [5, 5.41) is 0. The number of hydrogen-bond acceptors (Lipinski definition) is 6.